The van der Waals surface area contributed by atoms with Gasteiger partial charge < -0.3 is 5.32 Å². The summed E-state index contributed by atoms with van der Waals surface area (Å²) in [5, 5.41) is 13.9. The Morgan fingerprint density at radius 2 is 1.77 bits per heavy atom. The van der Waals surface area contributed by atoms with Crippen LogP contribution in [0, 0.1) is 23.2 Å². The Bertz CT molecular complexity index is 838. The van der Waals surface area contributed by atoms with E-state index in [0.717, 1.165) is 30.6 Å². The van der Waals surface area contributed by atoms with Gasteiger partial charge in [-0.05, 0) is 56.3 Å². The normalized spacial score (nSPS) is 33.1. The number of nitrogens with zero attached hydrogens (tertiary/aromatic N) is 4. The number of rotatable bonds is 3. The molecule has 0 saturated heterocycles. The van der Waals surface area contributed by atoms with Crippen LogP contribution < -0.4 is 5.32 Å². The van der Waals surface area contributed by atoms with Gasteiger partial charge in [0.2, 0.25) is 10.9 Å². The van der Waals surface area contributed by atoms with Crippen LogP contribution in [0.15, 0.2) is 0 Å². The maximum absolute atomic E-state index is 12.9. The number of carbonyl (C=O) groups excluding carboxylic acids is 1. The fraction of sp³-hybridized carbons (Fsp3) is 0.750. The summed E-state index contributed by atoms with van der Waals surface area (Å²) in [5.41, 5.74) is -0.273. The fourth-order valence-electron chi connectivity index (χ4n) is 5.64. The quantitative estimate of drug-likeness (QED) is 0.882. The number of carbonyl (C=O) groups is 1. The average Bonchev–Trinajstić information content (AvgIpc) is 3.10. The van der Waals surface area contributed by atoms with E-state index >= 15 is 0 Å². The number of amides is 1. The summed E-state index contributed by atoms with van der Waals surface area (Å²) in [6.45, 7) is 0.131. The number of nitrogens with one attached hydrogen (secondary N) is 1. The predicted molar refractivity (Wildman–Crippen MR) is 86.1 cm³/mol. The van der Waals surface area contributed by atoms with Gasteiger partial charge in [0.25, 0.3) is 5.82 Å². The molecule has 4 aliphatic rings. The van der Waals surface area contributed by atoms with Gasteiger partial charge in [0.15, 0.2) is 0 Å². The molecule has 10 heteroatoms. The van der Waals surface area contributed by atoms with Crippen molar-refractivity contribution in [2.45, 2.75) is 51.2 Å². The Balaban J connectivity index is 1.31. The van der Waals surface area contributed by atoms with Crippen LogP contribution in [0.25, 0.3) is 4.96 Å². The lowest BCUT2D eigenvalue weighted by molar-refractivity contribution is -0.147. The predicted octanol–water partition coefficient (Wildman–Crippen LogP) is 3.04. The summed E-state index contributed by atoms with van der Waals surface area (Å²) < 4.78 is 39.3. The summed E-state index contributed by atoms with van der Waals surface area (Å²) >= 11 is 1.02. The number of alkyl halides is 3. The lowest BCUT2D eigenvalue weighted by atomic mass is 9.49. The Morgan fingerprint density at radius 1 is 1.15 bits per heavy atom. The van der Waals surface area contributed by atoms with Gasteiger partial charge in [-0.3, -0.25) is 4.79 Å². The van der Waals surface area contributed by atoms with E-state index in [2.05, 4.69) is 20.6 Å². The Hall–Kier alpha value is -1.71. The van der Waals surface area contributed by atoms with Crippen LogP contribution in [0.5, 0.6) is 0 Å². The molecule has 4 fully saturated rings. The molecule has 0 aliphatic heterocycles. The first-order valence-electron chi connectivity index (χ1n) is 8.89. The molecule has 0 atom stereocenters. The topological polar surface area (TPSA) is 72.2 Å². The standard InChI is InChI=1S/C16H18F3N5OS/c17-16(18,19)12-21-22-14-24(12)23-11(26-14)7-20-13(25)15-4-8-1-9(5-15)3-10(2-8)6-15/h8-10H,1-7H2,(H,20,25). The Labute approximate surface area is 151 Å². The molecule has 0 spiro atoms. The molecule has 0 radical (unpaired) electrons. The second-order valence-corrected chi connectivity index (χ2v) is 9.13. The molecular weight excluding hydrogens is 367 g/mol. The Kier molecular flexibility index (Phi) is 3.42. The number of halogens is 3. The van der Waals surface area contributed by atoms with Crippen LogP contribution >= 0.6 is 11.3 Å². The smallest absolute Gasteiger partial charge is 0.349 e. The highest BCUT2D eigenvalue weighted by Gasteiger charge is 2.54. The van der Waals surface area contributed by atoms with Gasteiger partial charge >= 0.3 is 6.18 Å². The fourth-order valence-corrected chi connectivity index (χ4v) is 6.41. The molecule has 0 unspecified atom stereocenters. The lowest BCUT2D eigenvalue weighted by Crippen LogP contribution is -2.53. The third-order valence-electron chi connectivity index (χ3n) is 6.21. The second kappa shape index (κ2) is 5.40. The van der Waals surface area contributed by atoms with E-state index in [9.17, 15) is 18.0 Å². The van der Waals surface area contributed by atoms with E-state index in [1.165, 1.54) is 19.3 Å². The van der Waals surface area contributed by atoms with Crippen molar-refractivity contribution in [1.29, 1.82) is 0 Å². The van der Waals surface area contributed by atoms with Crippen molar-refractivity contribution >= 4 is 22.2 Å². The van der Waals surface area contributed by atoms with E-state index in [0.29, 0.717) is 27.3 Å². The van der Waals surface area contributed by atoms with Crippen molar-refractivity contribution in [3.05, 3.63) is 10.8 Å². The number of fused-ring (bicyclic) bond motifs is 1. The first kappa shape index (κ1) is 16.5. The molecule has 0 aromatic carbocycles. The molecule has 4 saturated carbocycles. The largest absolute Gasteiger partial charge is 0.453 e. The van der Waals surface area contributed by atoms with Gasteiger partial charge in [-0.1, -0.05) is 11.3 Å². The molecule has 2 aromatic heterocycles. The van der Waals surface area contributed by atoms with Crippen LogP contribution in [-0.4, -0.2) is 25.7 Å². The van der Waals surface area contributed by atoms with Crippen molar-refractivity contribution in [1.82, 2.24) is 25.1 Å². The highest BCUT2D eigenvalue weighted by Crippen LogP contribution is 2.60. The van der Waals surface area contributed by atoms with Gasteiger partial charge in [-0.25, -0.2) is 0 Å². The zero-order chi connectivity index (χ0) is 18.1. The molecular formula is C16H18F3N5OS. The maximum Gasteiger partial charge on any atom is 0.453 e. The third kappa shape index (κ3) is 2.52. The zero-order valence-electron chi connectivity index (χ0n) is 13.9. The van der Waals surface area contributed by atoms with Gasteiger partial charge in [0.05, 0.1) is 6.54 Å². The first-order valence-corrected chi connectivity index (χ1v) is 9.71. The van der Waals surface area contributed by atoms with Gasteiger partial charge in [-0.15, -0.1) is 10.2 Å². The first-order chi connectivity index (χ1) is 12.3. The molecule has 4 bridgehead atoms. The minimum atomic E-state index is -4.60. The molecule has 1 N–H and O–H groups in total. The molecule has 4 aliphatic carbocycles. The summed E-state index contributed by atoms with van der Waals surface area (Å²) in [5.74, 6) is 0.891. The van der Waals surface area contributed by atoms with Crippen molar-refractivity contribution in [2.75, 3.05) is 0 Å². The van der Waals surface area contributed by atoms with Crippen molar-refractivity contribution in [3.8, 4) is 0 Å². The molecule has 2 aromatic rings. The number of hydrogen-bond donors (Lipinski definition) is 1. The number of hydrogen-bond acceptors (Lipinski definition) is 5. The van der Waals surface area contributed by atoms with E-state index in [-0.39, 0.29) is 22.8 Å². The Morgan fingerprint density at radius 3 is 2.35 bits per heavy atom. The molecule has 6 rings (SSSR count). The lowest BCUT2D eigenvalue weighted by Gasteiger charge is -2.55. The van der Waals surface area contributed by atoms with Crippen LogP contribution in [0.1, 0.15) is 49.4 Å². The molecule has 1 amide bonds. The summed E-state index contributed by atoms with van der Waals surface area (Å²) in [6, 6.07) is 0. The van der Waals surface area contributed by atoms with Crippen LogP contribution in [0.2, 0.25) is 0 Å². The number of aromatic nitrogens is 4. The minimum Gasteiger partial charge on any atom is -0.349 e. The van der Waals surface area contributed by atoms with Crippen molar-refractivity contribution in [2.24, 2.45) is 23.2 Å². The van der Waals surface area contributed by atoms with Gasteiger partial charge in [0.1, 0.15) is 5.01 Å². The monoisotopic (exact) mass is 385 g/mol. The maximum atomic E-state index is 12.9. The third-order valence-corrected chi connectivity index (χ3v) is 7.11. The van der Waals surface area contributed by atoms with E-state index < -0.39 is 12.0 Å². The second-order valence-electron chi connectivity index (χ2n) is 8.09. The van der Waals surface area contributed by atoms with Gasteiger partial charge in [0, 0.05) is 5.41 Å². The highest BCUT2D eigenvalue weighted by atomic mass is 32.1. The van der Waals surface area contributed by atoms with E-state index in [1.54, 1.807) is 0 Å². The van der Waals surface area contributed by atoms with E-state index in [1.807, 2.05) is 0 Å². The minimum absolute atomic E-state index is 0.0404. The van der Waals surface area contributed by atoms with Gasteiger partial charge in [-0.2, -0.15) is 22.8 Å². The van der Waals surface area contributed by atoms with Crippen LogP contribution in [-0.2, 0) is 17.5 Å². The SMILES string of the molecule is O=C(NCc1nn2c(C(F)(F)F)nnc2s1)C12CC3CC(CC(C3)C1)C2. The summed E-state index contributed by atoms with van der Waals surface area (Å²) in [6.07, 6.45) is 2.01. The molecule has 6 nitrogen and oxygen atoms in total. The van der Waals surface area contributed by atoms with Crippen molar-refractivity contribution < 1.29 is 18.0 Å². The highest BCUT2D eigenvalue weighted by molar-refractivity contribution is 7.16. The van der Waals surface area contributed by atoms with Crippen molar-refractivity contribution in [3.63, 3.8) is 0 Å². The van der Waals surface area contributed by atoms with Crippen LogP contribution in [0.4, 0.5) is 13.2 Å². The average molecular weight is 385 g/mol. The molecule has 2 heterocycles. The zero-order valence-corrected chi connectivity index (χ0v) is 14.7. The molecule has 140 valence electrons. The summed E-state index contributed by atoms with van der Waals surface area (Å²) in [4.78, 5) is 13.0. The van der Waals surface area contributed by atoms with E-state index in [4.69, 9.17) is 0 Å². The summed E-state index contributed by atoms with van der Waals surface area (Å²) in [7, 11) is 0. The van der Waals surface area contributed by atoms with Crippen LogP contribution in [0.3, 0.4) is 0 Å². The molecule has 26 heavy (non-hydrogen) atoms.